The standard InChI is InChI=1S/C14H24N2O4/c1-14(2)10(11(14)13(18)19)12(17)15-4-3-5-16-6-8-20-9-7-16/h10-11H,3-9H2,1-2H3,(H,15,17)(H,18,19)/t10-,11-/m1/s1. The fourth-order valence-electron chi connectivity index (χ4n) is 3.04. The minimum atomic E-state index is -0.872. The van der Waals surface area contributed by atoms with Gasteiger partial charge in [0.25, 0.3) is 0 Å². The van der Waals surface area contributed by atoms with Crippen molar-refractivity contribution in [2.24, 2.45) is 17.3 Å². The first-order valence-corrected chi connectivity index (χ1v) is 7.25. The lowest BCUT2D eigenvalue weighted by atomic mass is 10.1. The Kier molecular flexibility index (Phi) is 4.65. The summed E-state index contributed by atoms with van der Waals surface area (Å²) in [6.07, 6.45) is 0.886. The lowest BCUT2D eigenvalue weighted by Gasteiger charge is -2.26. The van der Waals surface area contributed by atoms with E-state index in [1.54, 1.807) is 0 Å². The van der Waals surface area contributed by atoms with Crippen molar-refractivity contribution in [3.05, 3.63) is 0 Å². The second kappa shape index (κ2) is 6.10. The molecule has 0 aromatic rings. The Morgan fingerprint density at radius 3 is 2.50 bits per heavy atom. The van der Waals surface area contributed by atoms with Crippen molar-refractivity contribution in [3.8, 4) is 0 Å². The molecule has 1 aliphatic heterocycles. The first-order valence-electron chi connectivity index (χ1n) is 7.25. The van der Waals surface area contributed by atoms with E-state index in [9.17, 15) is 9.59 Å². The Morgan fingerprint density at radius 1 is 1.30 bits per heavy atom. The molecular formula is C14H24N2O4. The van der Waals surface area contributed by atoms with E-state index in [1.165, 1.54) is 0 Å². The zero-order valence-corrected chi connectivity index (χ0v) is 12.2. The SMILES string of the molecule is CC1(C)[C@@H](C(=O)O)[C@@H]1C(=O)NCCCN1CCOCC1. The Morgan fingerprint density at radius 2 is 1.95 bits per heavy atom. The molecule has 1 saturated carbocycles. The van der Waals surface area contributed by atoms with Gasteiger partial charge in [-0.1, -0.05) is 13.8 Å². The Bertz CT molecular complexity index is 377. The third-order valence-corrected chi connectivity index (χ3v) is 4.43. The number of carboxylic acids is 1. The third-order valence-electron chi connectivity index (χ3n) is 4.43. The van der Waals surface area contributed by atoms with Crippen molar-refractivity contribution in [2.45, 2.75) is 20.3 Å². The molecule has 1 saturated heterocycles. The first kappa shape index (κ1) is 15.3. The number of morpholine rings is 1. The number of amides is 1. The summed E-state index contributed by atoms with van der Waals surface area (Å²) >= 11 is 0. The average molecular weight is 284 g/mol. The maximum Gasteiger partial charge on any atom is 0.307 e. The molecule has 0 bridgehead atoms. The molecule has 114 valence electrons. The highest BCUT2D eigenvalue weighted by Gasteiger charge is 2.65. The lowest BCUT2D eigenvalue weighted by molar-refractivity contribution is -0.140. The maximum atomic E-state index is 12.0. The summed E-state index contributed by atoms with van der Waals surface area (Å²) in [5.74, 6) is -1.92. The number of carbonyl (C=O) groups is 2. The highest BCUT2D eigenvalue weighted by atomic mass is 16.5. The van der Waals surface area contributed by atoms with E-state index in [2.05, 4.69) is 10.2 Å². The van der Waals surface area contributed by atoms with E-state index >= 15 is 0 Å². The molecule has 6 nitrogen and oxygen atoms in total. The average Bonchev–Trinajstić information content (AvgIpc) is 2.99. The van der Waals surface area contributed by atoms with Crippen LogP contribution in [0.1, 0.15) is 20.3 Å². The summed E-state index contributed by atoms with van der Waals surface area (Å²) in [6, 6.07) is 0. The molecule has 1 aliphatic carbocycles. The van der Waals surface area contributed by atoms with Gasteiger partial charge in [0.1, 0.15) is 0 Å². The van der Waals surface area contributed by atoms with Gasteiger partial charge in [0.15, 0.2) is 0 Å². The fourth-order valence-corrected chi connectivity index (χ4v) is 3.04. The van der Waals surface area contributed by atoms with Crippen LogP contribution in [-0.2, 0) is 14.3 Å². The van der Waals surface area contributed by atoms with Gasteiger partial charge in [-0.15, -0.1) is 0 Å². The highest BCUT2D eigenvalue weighted by molar-refractivity contribution is 5.91. The Hall–Kier alpha value is -1.14. The van der Waals surface area contributed by atoms with Crippen LogP contribution in [0.4, 0.5) is 0 Å². The molecule has 2 atom stereocenters. The zero-order valence-electron chi connectivity index (χ0n) is 12.2. The van der Waals surface area contributed by atoms with Gasteiger partial charge >= 0.3 is 5.97 Å². The van der Waals surface area contributed by atoms with Crippen LogP contribution in [0.15, 0.2) is 0 Å². The summed E-state index contributed by atoms with van der Waals surface area (Å²) in [7, 11) is 0. The van der Waals surface area contributed by atoms with Gasteiger partial charge in [-0.3, -0.25) is 14.5 Å². The summed E-state index contributed by atoms with van der Waals surface area (Å²) < 4.78 is 5.27. The molecule has 0 aromatic heterocycles. The number of rotatable bonds is 6. The number of nitrogens with one attached hydrogen (secondary N) is 1. The summed E-state index contributed by atoms with van der Waals surface area (Å²) in [5, 5.41) is 11.9. The molecule has 2 aliphatic rings. The molecule has 0 aromatic carbocycles. The molecule has 2 fully saturated rings. The minimum Gasteiger partial charge on any atom is -0.481 e. The minimum absolute atomic E-state index is 0.121. The van der Waals surface area contributed by atoms with Gasteiger partial charge in [0.05, 0.1) is 25.0 Å². The van der Waals surface area contributed by atoms with E-state index in [4.69, 9.17) is 9.84 Å². The molecule has 0 unspecified atom stereocenters. The molecule has 2 rings (SSSR count). The topological polar surface area (TPSA) is 78.9 Å². The van der Waals surface area contributed by atoms with Crippen LogP contribution < -0.4 is 5.32 Å². The number of nitrogens with zero attached hydrogens (tertiary/aromatic N) is 1. The van der Waals surface area contributed by atoms with Gasteiger partial charge in [-0.05, 0) is 18.4 Å². The molecular weight excluding hydrogens is 260 g/mol. The van der Waals surface area contributed by atoms with Crippen LogP contribution in [0.25, 0.3) is 0 Å². The number of ether oxygens (including phenoxy) is 1. The summed E-state index contributed by atoms with van der Waals surface area (Å²) in [6.45, 7) is 8.68. The fraction of sp³-hybridized carbons (Fsp3) is 0.857. The molecule has 1 heterocycles. The third kappa shape index (κ3) is 3.30. The number of aliphatic carboxylic acids is 1. The summed E-state index contributed by atoms with van der Waals surface area (Å²) in [4.78, 5) is 25.3. The maximum absolute atomic E-state index is 12.0. The van der Waals surface area contributed by atoms with E-state index in [0.29, 0.717) is 6.54 Å². The van der Waals surface area contributed by atoms with Crippen molar-refractivity contribution in [2.75, 3.05) is 39.4 Å². The van der Waals surface area contributed by atoms with Crippen molar-refractivity contribution < 1.29 is 19.4 Å². The number of carboxylic acid groups (broad SMARTS) is 1. The number of carbonyl (C=O) groups excluding carboxylic acids is 1. The quantitative estimate of drug-likeness (QED) is 0.680. The number of hydrogen-bond donors (Lipinski definition) is 2. The second-order valence-corrected chi connectivity index (χ2v) is 6.21. The molecule has 1 amide bonds. The Balaban J connectivity index is 1.65. The van der Waals surface area contributed by atoms with Crippen molar-refractivity contribution in [1.29, 1.82) is 0 Å². The van der Waals surface area contributed by atoms with Gasteiger partial charge in [-0.25, -0.2) is 0 Å². The molecule has 0 radical (unpaired) electrons. The van der Waals surface area contributed by atoms with Gasteiger partial charge in [0.2, 0.25) is 5.91 Å². The number of hydrogen-bond acceptors (Lipinski definition) is 4. The van der Waals surface area contributed by atoms with Crippen molar-refractivity contribution in [3.63, 3.8) is 0 Å². The van der Waals surface area contributed by atoms with Crippen LogP contribution in [0, 0.1) is 17.3 Å². The second-order valence-electron chi connectivity index (χ2n) is 6.21. The highest BCUT2D eigenvalue weighted by Crippen LogP contribution is 2.58. The largest absolute Gasteiger partial charge is 0.481 e. The monoisotopic (exact) mass is 284 g/mol. The normalized spacial score (nSPS) is 28.9. The van der Waals surface area contributed by atoms with E-state index < -0.39 is 17.3 Å². The molecule has 0 spiro atoms. The van der Waals surface area contributed by atoms with Crippen LogP contribution in [0.3, 0.4) is 0 Å². The lowest BCUT2D eigenvalue weighted by Crippen LogP contribution is -2.38. The Labute approximate surface area is 119 Å². The first-order chi connectivity index (χ1) is 9.44. The predicted octanol–water partition coefficient (Wildman–Crippen LogP) is 0.182. The van der Waals surface area contributed by atoms with E-state index in [-0.39, 0.29) is 11.8 Å². The van der Waals surface area contributed by atoms with Crippen molar-refractivity contribution in [1.82, 2.24) is 10.2 Å². The van der Waals surface area contributed by atoms with Crippen LogP contribution in [0.2, 0.25) is 0 Å². The van der Waals surface area contributed by atoms with Crippen molar-refractivity contribution >= 4 is 11.9 Å². The van der Waals surface area contributed by atoms with E-state index in [1.807, 2.05) is 13.8 Å². The van der Waals surface area contributed by atoms with Crippen LogP contribution in [0.5, 0.6) is 0 Å². The van der Waals surface area contributed by atoms with Crippen LogP contribution >= 0.6 is 0 Å². The molecule has 6 heteroatoms. The predicted molar refractivity (Wildman–Crippen MR) is 73.3 cm³/mol. The van der Waals surface area contributed by atoms with Gasteiger partial charge < -0.3 is 15.2 Å². The summed E-state index contributed by atoms with van der Waals surface area (Å²) in [5.41, 5.74) is -0.417. The smallest absolute Gasteiger partial charge is 0.307 e. The zero-order chi connectivity index (χ0) is 14.8. The van der Waals surface area contributed by atoms with Gasteiger partial charge in [-0.2, -0.15) is 0 Å². The van der Waals surface area contributed by atoms with Crippen LogP contribution in [-0.4, -0.2) is 61.3 Å². The van der Waals surface area contributed by atoms with E-state index in [0.717, 1.165) is 39.3 Å². The van der Waals surface area contributed by atoms with Gasteiger partial charge in [0, 0.05) is 19.6 Å². The molecule has 2 N–H and O–H groups in total. The molecule has 20 heavy (non-hydrogen) atoms.